The van der Waals surface area contributed by atoms with Crippen molar-refractivity contribution in [2.75, 3.05) is 4.93 Å². The summed E-state index contributed by atoms with van der Waals surface area (Å²) in [6.45, 7) is 6.06. The van der Waals surface area contributed by atoms with Gasteiger partial charge in [-0.1, -0.05) is 0 Å². The van der Waals surface area contributed by atoms with Gasteiger partial charge >= 0.3 is 105 Å². The summed E-state index contributed by atoms with van der Waals surface area (Å²) in [5, 5.41) is 0. The molecule has 0 heterocycles. The van der Waals surface area contributed by atoms with Crippen molar-refractivity contribution in [3.63, 3.8) is 0 Å². The third-order valence-corrected chi connectivity index (χ3v) is 7.75. The van der Waals surface area contributed by atoms with Crippen LogP contribution in [0.3, 0.4) is 0 Å². The van der Waals surface area contributed by atoms with Crippen molar-refractivity contribution in [3.8, 4) is 0 Å². The van der Waals surface area contributed by atoms with Crippen LogP contribution in [0.5, 0.6) is 0 Å². The van der Waals surface area contributed by atoms with Crippen molar-refractivity contribution in [3.05, 3.63) is 73.8 Å². The van der Waals surface area contributed by atoms with Crippen molar-refractivity contribution in [1.82, 2.24) is 0 Å². The van der Waals surface area contributed by atoms with Gasteiger partial charge in [0.15, 0.2) is 0 Å². The van der Waals surface area contributed by atoms with Gasteiger partial charge in [0.2, 0.25) is 0 Å². The van der Waals surface area contributed by atoms with Crippen molar-refractivity contribution in [2.45, 2.75) is 6.92 Å². The molecule has 0 atom stereocenters. The molecular weight excluding hydrogens is 307 g/mol. The number of benzene rings is 1. The molecule has 0 radical (unpaired) electrons. The predicted octanol–water partition coefficient (Wildman–Crippen LogP) is 4.52. The van der Waals surface area contributed by atoms with Crippen molar-refractivity contribution < 1.29 is 0 Å². The standard InChI is InChI=1S/C15H16I/c1-12-4-8-14(9-5-12)16(3)15-10-6-13(2)7-11-15/h4-11H,1H2,2-3H3/q-1. The number of hydrogen-bond acceptors (Lipinski definition) is 0. The predicted molar refractivity (Wildman–Crippen MR) is 80.5 cm³/mol. The summed E-state index contributed by atoms with van der Waals surface area (Å²) >= 11 is -1.17. The summed E-state index contributed by atoms with van der Waals surface area (Å²) in [7, 11) is 0. The van der Waals surface area contributed by atoms with E-state index in [9.17, 15) is 0 Å². The first kappa shape index (κ1) is 11.5. The molecule has 2 rings (SSSR count). The summed E-state index contributed by atoms with van der Waals surface area (Å²) in [4.78, 5) is 2.40. The van der Waals surface area contributed by atoms with Crippen LogP contribution in [0.25, 0.3) is 0 Å². The molecule has 16 heavy (non-hydrogen) atoms. The van der Waals surface area contributed by atoms with Crippen LogP contribution in [0.4, 0.5) is 0 Å². The second-order valence-corrected chi connectivity index (χ2v) is 9.08. The van der Waals surface area contributed by atoms with Gasteiger partial charge in [0.05, 0.1) is 0 Å². The molecule has 1 aromatic carbocycles. The summed E-state index contributed by atoms with van der Waals surface area (Å²) in [5.74, 6) is 0. The number of aryl methyl sites for hydroxylation is 1. The third-order valence-electron chi connectivity index (χ3n) is 2.58. The van der Waals surface area contributed by atoms with Gasteiger partial charge in [-0.3, -0.25) is 0 Å². The number of alkyl halides is 1. The molecule has 0 N–H and O–H groups in total. The van der Waals surface area contributed by atoms with Gasteiger partial charge in [0, 0.05) is 0 Å². The van der Waals surface area contributed by atoms with Gasteiger partial charge in [-0.15, -0.1) is 0 Å². The van der Waals surface area contributed by atoms with Gasteiger partial charge in [0.1, 0.15) is 0 Å². The summed E-state index contributed by atoms with van der Waals surface area (Å²) in [5.41, 5.74) is 2.43. The van der Waals surface area contributed by atoms with Crippen LogP contribution in [0.2, 0.25) is 0 Å². The Morgan fingerprint density at radius 1 is 1.06 bits per heavy atom. The van der Waals surface area contributed by atoms with E-state index in [2.05, 4.69) is 67.0 Å². The van der Waals surface area contributed by atoms with Crippen molar-refractivity contribution in [2.24, 2.45) is 0 Å². The van der Waals surface area contributed by atoms with Crippen LogP contribution < -0.4 is 0 Å². The minimum atomic E-state index is -1.17. The zero-order chi connectivity index (χ0) is 11.5. The van der Waals surface area contributed by atoms with Crippen molar-refractivity contribution >= 4 is 19.8 Å². The zero-order valence-corrected chi connectivity index (χ0v) is 11.9. The molecule has 0 nitrogen and oxygen atoms in total. The summed E-state index contributed by atoms with van der Waals surface area (Å²) in [6.07, 6.45) is 8.68. The monoisotopic (exact) mass is 323 g/mol. The Kier molecular flexibility index (Phi) is 3.54. The average molecular weight is 323 g/mol. The Bertz CT molecular complexity index is 421. The second kappa shape index (κ2) is 4.91. The molecular formula is C15H16I-. The van der Waals surface area contributed by atoms with Gasteiger partial charge in [-0.25, -0.2) is 0 Å². The molecule has 0 spiro atoms. The first-order chi connectivity index (χ1) is 7.66. The molecule has 0 fully saturated rings. The van der Waals surface area contributed by atoms with E-state index in [4.69, 9.17) is 0 Å². The minimum absolute atomic E-state index is 1.09. The fourth-order valence-electron chi connectivity index (χ4n) is 1.52. The van der Waals surface area contributed by atoms with E-state index < -0.39 is 19.8 Å². The first-order valence-electron chi connectivity index (χ1n) is 5.25. The Labute approximate surface area is 105 Å². The van der Waals surface area contributed by atoms with Gasteiger partial charge in [-0.2, -0.15) is 0 Å². The molecule has 84 valence electrons. The molecule has 1 aliphatic carbocycles. The van der Waals surface area contributed by atoms with Crippen molar-refractivity contribution in [1.29, 1.82) is 0 Å². The number of allylic oxidation sites excluding steroid dienone is 5. The Morgan fingerprint density at radius 2 is 1.62 bits per heavy atom. The van der Waals surface area contributed by atoms with E-state index in [-0.39, 0.29) is 0 Å². The normalized spacial score (nSPS) is 15.5. The van der Waals surface area contributed by atoms with Gasteiger partial charge in [-0.05, 0) is 0 Å². The Balaban J connectivity index is 2.16. The maximum atomic E-state index is 3.92. The molecule has 0 aromatic heterocycles. The van der Waals surface area contributed by atoms with Crippen LogP contribution in [0.1, 0.15) is 5.56 Å². The third kappa shape index (κ3) is 2.59. The number of hydrogen-bond donors (Lipinski definition) is 0. The van der Waals surface area contributed by atoms with E-state index in [1.807, 2.05) is 0 Å². The van der Waals surface area contributed by atoms with E-state index in [0.29, 0.717) is 0 Å². The molecule has 0 aliphatic heterocycles. The molecule has 0 bridgehead atoms. The van der Waals surface area contributed by atoms with Gasteiger partial charge < -0.3 is 0 Å². The molecule has 0 unspecified atom stereocenters. The quantitative estimate of drug-likeness (QED) is 0.427. The van der Waals surface area contributed by atoms with Gasteiger partial charge in [0.25, 0.3) is 0 Å². The van der Waals surface area contributed by atoms with E-state index in [0.717, 1.165) is 5.57 Å². The van der Waals surface area contributed by atoms with Crippen LogP contribution in [0, 0.1) is 14.4 Å². The first-order valence-corrected chi connectivity index (χ1v) is 9.57. The molecule has 1 aromatic rings. The van der Waals surface area contributed by atoms with E-state index in [1.54, 1.807) is 0 Å². The zero-order valence-electron chi connectivity index (χ0n) is 9.70. The fraction of sp³-hybridized carbons (Fsp3) is 0.133. The second-order valence-electron chi connectivity index (χ2n) is 3.89. The number of halogens is 1. The summed E-state index contributed by atoms with van der Waals surface area (Å²) < 4.78 is 3.02. The van der Waals surface area contributed by atoms with E-state index in [1.165, 1.54) is 13.1 Å². The molecule has 1 heteroatoms. The molecule has 1 aliphatic rings. The van der Waals surface area contributed by atoms with Crippen LogP contribution in [-0.2, 0) is 0 Å². The van der Waals surface area contributed by atoms with Crippen LogP contribution in [-0.4, -0.2) is 4.93 Å². The molecule has 0 saturated carbocycles. The number of rotatable bonds is 2. The Morgan fingerprint density at radius 3 is 2.19 bits per heavy atom. The van der Waals surface area contributed by atoms with Crippen LogP contribution >= 0.6 is 19.8 Å². The topological polar surface area (TPSA) is 0 Å². The van der Waals surface area contributed by atoms with E-state index >= 15 is 0 Å². The molecule has 0 amide bonds. The summed E-state index contributed by atoms with van der Waals surface area (Å²) in [6, 6.07) is 8.97. The SMILES string of the molecule is C=C1C=C[C-](I(C)c2ccc(C)cc2)C=C1. The Hall–Kier alpha value is -0.960. The van der Waals surface area contributed by atoms with Crippen LogP contribution in [0.15, 0.2) is 60.7 Å². The molecule has 0 saturated heterocycles. The fourth-order valence-corrected chi connectivity index (χ4v) is 5.12. The average Bonchev–Trinajstić information content (AvgIpc) is 2.30. The maximum absolute atomic E-state index is 3.92.